The summed E-state index contributed by atoms with van der Waals surface area (Å²) in [5.41, 5.74) is 1.50. The van der Waals surface area contributed by atoms with Crippen LogP contribution in [-0.4, -0.2) is 24.5 Å². The molecular weight excluding hydrogens is 254 g/mol. The van der Waals surface area contributed by atoms with E-state index < -0.39 is 0 Å². The smallest absolute Gasteiger partial charge is 0.00926 e. The lowest BCUT2D eigenvalue weighted by Crippen LogP contribution is -2.24. The van der Waals surface area contributed by atoms with Crippen molar-refractivity contribution < 1.29 is 0 Å². The van der Waals surface area contributed by atoms with Gasteiger partial charge in [-0.1, -0.05) is 68.9 Å². The van der Waals surface area contributed by atoms with Crippen LogP contribution in [0.5, 0.6) is 0 Å². The first kappa shape index (κ1) is 16.5. The van der Waals surface area contributed by atoms with Gasteiger partial charge in [-0.05, 0) is 51.3 Å². The molecule has 0 spiro atoms. The molecule has 1 aromatic rings. The summed E-state index contributed by atoms with van der Waals surface area (Å²) >= 11 is 0. The van der Waals surface area contributed by atoms with Crippen LogP contribution in [-0.2, 0) is 6.42 Å². The Hall–Kier alpha value is -0.820. The van der Waals surface area contributed by atoms with Crippen LogP contribution in [0.25, 0.3) is 0 Å². The SMILES string of the molecule is CN1CCC[C@H]1CCCCCCCCCc1ccccc1. The summed E-state index contributed by atoms with van der Waals surface area (Å²) in [7, 11) is 2.30. The van der Waals surface area contributed by atoms with E-state index in [0.29, 0.717) is 0 Å². The minimum absolute atomic E-state index is 0.899. The van der Waals surface area contributed by atoms with Gasteiger partial charge in [0.25, 0.3) is 0 Å². The van der Waals surface area contributed by atoms with Crippen molar-refractivity contribution in [3.8, 4) is 0 Å². The molecule has 118 valence electrons. The Bertz CT molecular complexity index is 359. The number of rotatable bonds is 10. The zero-order valence-corrected chi connectivity index (χ0v) is 13.9. The predicted octanol–water partition coefficient (Wildman–Crippen LogP) is 5.44. The van der Waals surface area contributed by atoms with Gasteiger partial charge in [0.15, 0.2) is 0 Å². The zero-order valence-electron chi connectivity index (χ0n) is 13.9. The molecule has 0 saturated carbocycles. The molecule has 1 heteroatoms. The molecule has 1 fully saturated rings. The number of likely N-dealkylation sites (tertiary alicyclic amines) is 1. The van der Waals surface area contributed by atoms with Crippen LogP contribution in [0.4, 0.5) is 0 Å². The van der Waals surface area contributed by atoms with Crippen molar-refractivity contribution in [3.05, 3.63) is 35.9 Å². The second-order valence-electron chi connectivity index (χ2n) is 6.78. The Morgan fingerprint density at radius 1 is 0.905 bits per heavy atom. The molecule has 1 aliphatic heterocycles. The highest BCUT2D eigenvalue weighted by Crippen LogP contribution is 2.20. The van der Waals surface area contributed by atoms with Gasteiger partial charge in [0.2, 0.25) is 0 Å². The largest absolute Gasteiger partial charge is 0.303 e. The minimum atomic E-state index is 0.899. The number of nitrogens with zero attached hydrogens (tertiary/aromatic N) is 1. The van der Waals surface area contributed by atoms with E-state index in [2.05, 4.69) is 42.3 Å². The summed E-state index contributed by atoms with van der Waals surface area (Å²) in [6.07, 6.45) is 15.5. The highest BCUT2D eigenvalue weighted by Gasteiger charge is 2.19. The van der Waals surface area contributed by atoms with Crippen LogP contribution in [0.1, 0.15) is 69.8 Å². The van der Waals surface area contributed by atoms with Crippen molar-refractivity contribution in [2.45, 2.75) is 76.7 Å². The van der Waals surface area contributed by atoms with Crippen molar-refractivity contribution in [3.63, 3.8) is 0 Å². The van der Waals surface area contributed by atoms with Crippen LogP contribution in [0, 0.1) is 0 Å². The first-order chi connectivity index (χ1) is 10.4. The number of benzene rings is 1. The van der Waals surface area contributed by atoms with Gasteiger partial charge in [-0.2, -0.15) is 0 Å². The molecule has 0 unspecified atom stereocenters. The lowest BCUT2D eigenvalue weighted by atomic mass is 10.0. The zero-order chi connectivity index (χ0) is 14.8. The normalized spacial score (nSPS) is 19.2. The second-order valence-corrected chi connectivity index (χ2v) is 6.78. The third-order valence-electron chi connectivity index (χ3n) is 5.02. The maximum absolute atomic E-state index is 2.56. The van der Waals surface area contributed by atoms with Gasteiger partial charge in [-0.15, -0.1) is 0 Å². The van der Waals surface area contributed by atoms with E-state index >= 15 is 0 Å². The third kappa shape index (κ3) is 6.65. The molecule has 1 saturated heterocycles. The standard InChI is InChI=1S/C20H33N/c1-21-18-12-17-20(21)16-11-6-4-2-3-5-8-13-19-14-9-7-10-15-19/h7,9-10,14-15,20H,2-6,8,11-13,16-18H2,1H3/t20-/m1/s1. The Kier molecular flexibility index (Phi) is 7.88. The van der Waals surface area contributed by atoms with Crippen molar-refractivity contribution >= 4 is 0 Å². The van der Waals surface area contributed by atoms with E-state index in [1.165, 1.54) is 82.7 Å². The molecule has 0 N–H and O–H groups in total. The van der Waals surface area contributed by atoms with Gasteiger partial charge in [0.05, 0.1) is 0 Å². The van der Waals surface area contributed by atoms with E-state index in [1.54, 1.807) is 0 Å². The molecule has 0 aromatic heterocycles. The number of unbranched alkanes of at least 4 members (excludes halogenated alkanes) is 6. The number of aryl methyl sites for hydroxylation is 1. The van der Waals surface area contributed by atoms with Crippen LogP contribution in [0.15, 0.2) is 30.3 Å². The van der Waals surface area contributed by atoms with Crippen molar-refractivity contribution in [1.82, 2.24) is 4.90 Å². The lowest BCUT2D eigenvalue weighted by molar-refractivity contribution is 0.289. The summed E-state index contributed by atoms with van der Waals surface area (Å²) in [6.45, 7) is 1.33. The van der Waals surface area contributed by atoms with E-state index in [1.807, 2.05) is 0 Å². The van der Waals surface area contributed by atoms with Crippen molar-refractivity contribution in [2.75, 3.05) is 13.6 Å². The predicted molar refractivity (Wildman–Crippen MR) is 92.7 cm³/mol. The Morgan fingerprint density at radius 2 is 1.57 bits per heavy atom. The number of hydrogen-bond acceptors (Lipinski definition) is 1. The summed E-state index contributed by atoms with van der Waals surface area (Å²) in [6, 6.07) is 11.8. The van der Waals surface area contributed by atoms with Gasteiger partial charge < -0.3 is 4.90 Å². The Morgan fingerprint density at radius 3 is 2.24 bits per heavy atom. The van der Waals surface area contributed by atoms with Crippen molar-refractivity contribution in [2.24, 2.45) is 0 Å². The first-order valence-electron chi connectivity index (χ1n) is 9.10. The van der Waals surface area contributed by atoms with Gasteiger partial charge in [0, 0.05) is 6.04 Å². The molecule has 1 nitrogen and oxygen atoms in total. The first-order valence-corrected chi connectivity index (χ1v) is 9.10. The maximum atomic E-state index is 2.56. The summed E-state index contributed by atoms with van der Waals surface area (Å²) in [5.74, 6) is 0. The highest BCUT2D eigenvalue weighted by atomic mass is 15.1. The molecule has 0 aliphatic carbocycles. The van der Waals surface area contributed by atoms with Gasteiger partial charge in [-0.25, -0.2) is 0 Å². The fourth-order valence-corrected chi connectivity index (χ4v) is 3.58. The summed E-state index contributed by atoms with van der Waals surface area (Å²) in [4.78, 5) is 2.56. The molecule has 1 heterocycles. The van der Waals surface area contributed by atoms with E-state index in [0.717, 1.165) is 6.04 Å². The maximum Gasteiger partial charge on any atom is 0.00926 e. The minimum Gasteiger partial charge on any atom is -0.303 e. The van der Waals surface area contributed by atoms with E-state index in [-0.39, 0.29) is 0 Å². The second kappa shape index (κ2) is 10.00. The van der Waals surface area contributed by atoms with Crippen LogP contribution >= 0.6 is 0 Å². The highest BCUT2D eigenvalue weighted by molar-refractivity contribution is 5.14. The van der Waals surface area contributed by atoms with Gasteiger partial charge in [-0.3, -0.25) is 0 Å². The van der Waals surface area contributed by atoms with Gasteiger partial charge in [0.1, 0.15) is 0 Å². The lowest BCUT2D eigenvalue weighted by Gasteiger charge is -2.18. The number of hydrogen-bond donors (Lipinski definition) is 0. The molecule has 0 radical (unpaired) electrons. The summed E-state index contributed by atoms with van der Waals surface area (Å²) < 4.78 is 0. The molecule has 21 heavy (non-hydrogen) atoms. The molecule has 1 aliphatic rings. The molecule has 0 amide bonds. The monoisotopic (exact) mass is 287 g/mol. The molecule has 0 bridgehead atoms. The van der Waals surface area contributed by atoms with E-state index in [9.17, 15) is 0 Å². The average molecular weight is 287 g/mol. The topological polar surface area (TPSA) is 3.24 Å². The van der Waals surface area contributed by atoms with E-state index in [4.69, 9.17) is 0 Å². The molecule has 1 atom stereocenters. The third-order valence-corrected chi connectivity index (χ3v) is 5.02. The van der Waals surface area contributed by atoms with Crippen LogP contribution < -0.4 is 0 Å². The average Bonchev–Trinajstić information content (AvgIpc) is 2.92. The Labute approximate surface area is 131 Å². The van der Waals surface area contributed by atoms with Crippen LogP contribution in [0.3, 0.4) is 0 Å². The van der Waals surface area contributed by atoms with Crippen molar-refractivity contribution in [1.29, 1.82) is 0 Å². The fourth-order valence-electron chi connectivity index (χ4n) is 3.58. The molecule has 2 rings (SSSR count). The Balaban J connectivity index is 1.37. The molecular formula is C20H33N. The fraction of sp³-hybridized carbons (Fsp3) is 0.700. The molecule has 1 aromatic carbocycles. The summed E-state index contributed by atoms with van der Waals surface area (Å²) in [5, 5.41) is 0. The van der Waals surface area contributed by atoms with Crippen LogP contribution in [0.2, 0.25) is 0 Å². The van der Waals surface area contributed by atoms with Gasteiger partial charge >= 0.3 is 0 Å². The quantitative estimate of drug-likeness (QED) is 0.518.